The molecule has 114 valence electrons. The van der Waals surface area contributed by atoms with Crippen molar-refractivity contribution in [2.45, 2.75) is 46.1 Å². The number of amides is 1. The van der Waals surface area contributed by atoms with Crippen molar-refractivity contribution in [2.24, 2.45) is 16.7 Å². The minimum absolute atomic E-state index is 0.0355. The summed E-state index contributed by atoms with van der Waals surface area (Å²) in [7, 11) is 0. The van der Waals surface area contributed by atoms with Gasteiger partial charge in [0.25, 0.3) is 0 Å². The number of carbonyl (C=O) groups excluding carboxylic acids is 1. The second-order valence-corrected chi connectivity index (χ2v) is 7.14. The molecule has 0 saturated heterocycles. The summed E-state index contributed by atoms with van der Waals surface area (Å²) in [6.07, 6.45) is 2.80. The van der Waals surface area contributed by atoms with Crippen LogP contribution in [-0.4, -0.2) is 12.2 Å². The third-order valence-corrected chi connectivity index (χ3v) is 6.05. The van der Waals surface area contributed by atoms with Crippen molar-refractivity contribution >= 4 is 11.8 Å². The molecule has 21 heavy (non-hydrogen) atoms. The van der Waals surface area contributed by atoms with Gasteiger partial charge in [-0.15, -0.1) is 0 Å². The molecule has 0 aromatic heterocycles. The van der Waals surface area contributed by atoms with Gasteiger partial charge >= 0.3 is 6.09 Å². The highest BCUT2D eigenvalue weighted by Crippen LogP contribution is 2.66. The number of benzene rings is 1. The summed E-state index contributed by atoms with van der Waals surface area (Å²) >= 11 is 0. The Bertz CT molecular complexity index is 554. The smallest absolute Gasteiger partial charge is 0.411 e. The molecule has 2 aliphatic rings. The third kappa shape index (κ3) is 2.21. The van der Waals surface area contributed by atoms with Gasteiger partial charge in [0, 0.05) is 11.1 Å². The Morgan fingerprint density at radius 2 is 1.95 bits per heavy atom. The van der Waals surface area contributed by atoms with Gasteiger partial charge in [-0.3, -0.25) is 5.32 Å². The number of carbonyl (C=O) groups is 1. The van der Waals surface area contributed by atoms with Crippen LogP contribution in [0.2, 0.25) is 0 Å². The fourth-order valence-corrected chi connectivity index (χ4v) is 4.12. The lowest BCUT2D eigenvalue weighted by molar-refractivity contribution is 0.00148. The largest absolute Gasteiger partial charge is 0.445 e. The van der Waals surface area contributed by atoms with Gasteiger partial charge < -0.3 is 4.74 Å². The van der Waals surface area contributed by atoms with Crippen LogP contribution in [0.5, 0.6) is 0 Å². The van der Waals surface area contributed by atoms with E-state index in [0.29, 0.717) is 11.6 Å². The average Bonchev–Trinajstić information content (AvgIpc) is 2.74. The highest BCUT2D eigenvalue weighted by Gasteiger charge is 2.62. The quantitative estimate of drug-likeness (QED) is 0.865. The Morgan fingerprint density at radius 1 is 1.29 bits per heavy atom. The molecule has 0 spiro atoms. The Morgan fingerprint density at radius 3 is 2.48 bits per heavy atom. The first-order valence-corrected chi connectivity index (χ1v) is 7.56. The van der Waals surface area contributed by atoms with Crippen LogP contribution in [0.1, 0.15) is 40.0 Å². The number of nitrogens with one attached hydrogen (secondary N) is 1. The van der Waals surface area contributed by atoms with Gasteiger partial charge in [0.05, 0.1) is 0 Å². The molecule has 0 aliphatic heterocycles. The van der Waals surface area contributed by atoms with Crippen molar-refractivity contribution in [3.63, 3.8) is 0 Å². The molecular weight excluding hydrogens is 269 g/mol. The number of ether oxygens (including phenoxy) is 1. The number of hydrogen-bond donors (Lipinski definition) is 1. The highest BCUT2D eigenvalue weighted by molar-refractivity contribution is 5.84. The van der Waals surface area contributed by atoms with Crippen LogP contribution in [0.4, 0.5) is 14.9 Å². The van der Waals surface area contributed by atoms with E-state index >= 15 is 0 Å². The Hall–Kier alpha value is -1.58. The maximum Gasteiger partial charge on any atom is 0.411 e. The number of halogens is 1. The fraction of sp³-hybridized carbons (Fsp3) is 0.588. The van der Waals surface area contributed by atoms with Gasteiger partial charge in [-0.25, -0.2) is 9.18 Å². The summed E-state index contributed by atoms with van der Waals surface area (Å²) < 4.78 is 18.5. The molecular formula is C17H22FNO2. The molecule has 2 saturated carbocycles. The van der Waals surface area contributed by atoms with Crippen molar-refractivity contribution in [2.75, 3.05) is 5.32 Å². The van der Waals surface area contributed by atoms with E-state index in [9.17, 15) is 9.18 Å². The first-order valence-electron chi connectivity index (χ1n) is 7.56. The Kier molecular flexibility index (Phi) is 3.23. The standard InChI is InChI=1S/C17H22FNO2/c1-16(2)11-8-9-17(16,3)14(10-11)21-15(20)19-13-6-4-12(18)5-7-13/h4-7,11,14H,8-10H2,1-3H3,(H,19,20)/t11-,14-,17-/m0/s1. The van der Waals surface area contributed by atoms with Crippen LogP contribution in [0, 0.1) is 22.6 Å². The SMILES string of the molecule is CC1(C)[C@H]2CC[C@@]1(C)[C@@H](OC(=O)Nc1ccc(F)cc1)C2. The summed E-state index contributed by atoms with van der Waals surface area (Å²) in [5.41, 5.74) is 0.819. The van der Waals surface area contributed by atoms with E-state index in [1.54, 1.807) is 0 Å². The highest BCUT2D eigenvalue weighted by atomic mass is 19.1. The van der Waals surface area contributed by atoms with E-state index in [1.807, 2.05) is 0 Å². The average molecular weight is 291 g/mol. The lowest BCUT2D eigenvalue weighted by atomic mass is 9.70. The monoisotopic (exact) mass is 291 g/mol. The minimum atomic E-state index is -0.448. The zero-order chi connectivity index (χ0) is 15.3. The van der Waals surface area contributed by atoms with E-state index in [-0.39, 0.29) is 22.8 Å². The zero-order valence-electron chi connectivity index (χ0n) is 12.8. The molecule has 2 bridgehead atoms. The van der Waals surface area contributed by atoms with E-state index in [2.05, 4.69) is 26.1 Å². The topological polar surface area (TPSA) is 38.3 Å². The zero-order valence-corrected chi connectivity index (χ0v) is 12.8. The number of hydrogen-bond acceptors (Lipinski definition) is 2. The second kappa shape index (κ2) is 4.72. The van der Waals surface area contributed by atoms with E-state index in [1.165, 1.54) is 30.7 Å². The van der Waals surface area contributed by atoms with E-state index in [4.69, 9.17) is 4.74 Å². The molecule has 2 aliphatic carbocycles. The molecule has 1 amide bonds. The predicted octanol–water partition coefficient (Wildman–Crippen LogP) is 4.59. The molecule has 4 heteroatoms. The lowest BCUT2D eigenvalue weighted by Crippen LogP contribution is -2.39. The van der Waals surface area contributed by atoms with Crippen molar-refractivity contribution < 1.29 is 13.9 Å². The predicted molar refractivity (Wildman–Crippen MR) is 79.5 cm³/mol. The summed E-state index contributed by atoms with van der Waals surface area (Å²) in [5.74, 6) is 0.308. The number of rotatable bonds is 2. The minimum Gasteiger partial charge on any atom is -0.445 e. The molecule has 2 fully saturated rings. The van der Waals surface area contributed by atoms with Crippen LogP contribution in [0.25, 0.3) is 0 Å². The molecule has 3 atom stereocenters. The second-order valence-electron chi connectivity index (χ2n) is 7.14. The molecule has 0 unspecified atom stereocenters. The number of anilines is 1. The van der Waals surface area contributed by atoms with Gasteiger partial charge in [0.1, 0.15) is 11.9 Å². The fourth-order valence-electron chi connectivity index (χ4n) is 4.12. The van der Waals surface area contributed by atoms with Crippen molar-refractivity contribution in [1.82, 2.24) is 0 Å². The van der Waals surface area contributed by atoms with Crippen LogP contribution in [0.3, 0.4) is 0 Å². The van der Waals surface area contributed by atoms with Crippen LogP contribution < -0.4 is 5.32 Å². The van der Waals surface area contributed by atoms with Crippen molar-refractivity contribution in [3.8, 4) is 0 Å². The number of fused-ring (bicyclic) bond motifs is 2. The molecule has 3 rings (SSSR count). The van der Waals surface area contributed by atoms with Gasteiger partial charge in [-0.1, -0.05) is 20.8 Å². The Balaban J connectivity index is 1.65. The van der Waals surface area contributed by atoms with Crippen LogP contribution in [0.15, 0.2) is 24.3 Å². The first-order chi connectivity index (χ1) is 9.83. The summed E-state index contributed by atoms with van der Waals surface area (Å²) in [5, 5.41) is 2.67. The van der Waals surface area contributed by atoms with Crippen molar-refractivity contribution in [1.29, 1.82) is 0 Å². The molecule has 0 heterocycles. The first kappa shape index (κ1) is 14.4. The van der Waals surface area contributed by atoms with Gasteiger partial charge in [-0.05, 0) is 54.9 Å². The normalized spacial score (nSPS) is 33.0. The molecule has 1 N–H and O–H groups in total. The van der Waals surface area contributed by atoms with Crippen LogP contribution >= 0.6 is 0 Å². The summed E-state index contributed by atoms with van der Waals surface area (Å²) in [4.78, 5) is 12.1. The van der Waals surface area contributed by atoms with Gasteiger partial charge in [-0.2, -0.15) is 0 Å². The maximum absolute atomic E-state index is 12.8. The van der Waals surface area contributed by atoms with Gasteiger partial charge in [0.15, 0.2) is 0 Å². The summed E-state index contributed by atoms with van der Waals surface area (Å²) in [6.45, 7) is 6.80. The molecule has 1 aromatic rings. The molecule has 0 radical (unpaired) electrons. The van der Waals surface area contributed by atoms with E-state index < -0.39 is 6.09 Å². The van der Waals surface area contributed by atoms with Gasteiger partial charge in [0.2, 0.25) is 0 Å². The third-order valence-electron chi connectivity index (χ3n) is 6.05. The summed E-state index contributed by atoms with van der Waals surface area (Å²) in [6, 6.07) is 5.70. The van der Waals surface area contributed by atoms with E-state index in [0.717, 1.165) is 12.8 Å². The molecule has 3 nitrogen and oxygen atoms in total. The van der Waals surface area contributed by atoms with Crippen LogP contribution in [-0.2, 0) is 4.74 Å². The Labute approximate surface area is 124 Å². The van der Waals surface area contributed by atoms with Crippen molar-refractivity contribution in [3.05, 3.63) is 30.1 Å². The molecule has 1 aromatic carbocycles. The maximum atomic E-state index is 12.8. The lowest BCUT2D eigenvalue weighted by Gasteiger charge is -2.38.